The molecule has 2 fully saturated rings. The largest absolute Gasteiger partial charge is 0.355 e. The summed E-state index contributed by atoms with van der Waals surface area (Å²) >= 11 is 6.28. The number of aryl methyl sites for hydroxylation is 1. The molecule has 2 aliphatic rings. The molecule has 0 saturated carbocycles. The summed E-state index contributed by atoms with van der Waals surface area (Å²) < 4.78 is 0. The lowest BCUT2D eigenvalue weighted by molar-refractivity contribution is 0.254. The molecule has 5 heteroatoms. The second-order valence-electron chi connectivity index (χ2n) is 6.02. The van der Waals surface area contributed by atoms with Gasteiger partial charge in [-0.3, -0.25) is 4.90 Å². The van der Waals surface area contributed by atoms with Gasteiger partial charge in [0.1, 0.15) is 16.8 Å². The summed E-state index contributed by atoms with van der Waals surface area (Å²) in [6, 6.07) is 1.40. The minimum Gasteiger partial charge on any atom is -0.355 e. The fourth-order valence-electron chi connectivity index (χ4n) is 3.49. The Balaban J connectivity index is 1.91. The smallest absolute Gasteiger partial charge is 0.137 e. The van der Waals surface area contributed by atoms with Crippen molar-refractivity contribution in [2.45, 2.75) is 51.6 Å². The van der Waals surface area contributed by atoms with E-state index in [1.165, 1.54) is 19.3 Å². The Morgan fingerprint density at radius 3 is 2.70 bits per heavy atom. The summed E-state index contributed by atoms with van der Waals surface area (Å²) in [5, 5.41) is 0.606. The van der Waals surface area contributed by atoms with E-state index in [1.807, 2.05) is 6.92 Å². The van der Waals surface area contributed by atoms with Gasteiger partial charge in [-0.25, -0.2) is 9.97 Å². The van der Waals surface area contributed by atoms with Crippen LogP contribution >= 0.6 is 11.6 Å². The molecule has 2 unspecified atom stereocenters. The first kappa shape index (κ1) is 14.1. The molecule has 4 nitrogen and oxygen atoms in total. The van der Waals surface area contributed by atoms with Crippen molar-refractivity contribution >= 4 is 17.4 Å². The van der Waals surface area contributed by atoms with Crippen LogP contribution in [0.25, 0.3) is 0 Å². The van der Waals surface area contributed by atoms with Gasteiger partial charge in [-0.15, -0.1) is 0 Å². The predicted molar refractivity (Wildman–Crippen MR) is 82.6 cm³/mol. The van der Waals surface area contributed by atoms with Crippen LogP contribution in [0.5, 0.6) is 0 Å². The van der Waals surface area contributed by atoms with Gasteiger partial charge in [-0.1, -0.05) is 18.5 Å². The van der Waals surface area contributed by atoms with Gasteiger partial charge >= 0.3 is 0 Å². The van der Waals surface area contributed by atoms with Crippen molar-refractivity contribution in [3.63, 3.8) is 0 Å². The number of rotatable bonds is 2. The Bertz CT molecular complexity index is 505. The van der Waals surface area contributed by atoms with Gasteiger partial charge in [0.15, 0.2) is 0 Å². The van der Waals surface area contributed by atoms with Gasteiger partial charge in [0.05, 0.1) is 0 Å². The van der Waals surface area contributed by atoms with E-state index in [1.54, 1.807) is 0 Å². The van der Waals surface area contributed by atoms with E-state index >= 15 is 0 Å². The number of fused-ring (bicyclic) bond motifs is 2. The SMILES string of the molecule is CCc1nc(Cl)c(C)c(N2CCC3CCC(C2)N3C)n1. The highest BCUT2D eigenvalue weighted by molar-refractivity contribution is 6.30. The Hall–Kier alpha value is -0.870. The molecule has 110 valence electrons. The van der Waals surface area contributed by atoms with Gasteiger partial charge in [0.2, 0.25) is 0 Å². The second-order valence-corrected chi connectivity index (χ2v) is 6.38. The maximum atomic E-state index is 6.28. The van der Waals surface area contributed by atoms with Crippen molar-refractivity contribution in [2.75, 3.05) is 25.0 Å². The normalized spacial score (nSPS) is 26.9. The molecule has 1 aromatic heterocycles. The Morgan fingerprint density at radius 2 is 1.95 bits per heavy atom. The van der Waals surface area contributed by atoms with Crippen molar-refractivity contribution in [2.24, 2.45) is 0 Å². The van der Waals surface area contributed by atoms with Gasteiger partial charge in [-0.2, -0.15) is 0 Å². The molecule has 0 spiro atoms. The van der Waals surface area contributed by atoms with Crippen LogP contribution in [0.3, 0.4) is 0 Å². The van der Waals surface area contributed by atoms with Crippen LogP contribution in [0.4, 0.5) is 5.82 Å². The number of halogens is 1. The van der Waals surface area contributed by atoms with Crippen LogP contribution in [0.15, 0.2) is 0 Å². The third-order valence-electron chi connectivity index (χ3n) is 4.87. The van der Waals surface area contributed by atoms with E-state index in [-0.39, 0.29) is 0 Å². The third kappa shape index (κ3) is 2.40. The molecule has 3 rings (SSSR count). The van der Waals surface area contributed by atoms with Crippen LogP contribution in [-0.2, 0) is 6.42 Å². The Kier molecular flexibility index (Phi) is 3.87. The van der Waals surface area contributed by atoms with Crippen LogP contribution < -0.4 is 4.90 Å². The first-order valence-electron chi connectivity index (χ1n) is 7.60. The average Bonchev–Trinajstić information content (AvgIpc) is 2.67. The van der Waals surface area contributed by atoms with Crippen LogP contribution in [0, 0.1) is 6.92 Å². The first-order chi connectivity index (χ1) is 9.60. The quantitative estimate of drug-likeness (QED) is 0.785. The van der Waals surface area contributed by atoms with Crippen molar-refractivity contribution in [1.82, 2.24) is 14.9 Å². The first-order valence-corrected chi connectivity index (χ1v) is 7.97. The molecular formula is C15H23ClN4. The van der Waals surface area contributed by atoms with Gasteiger partial charge in [0, 0.05) is 37.2 Å². The fourth-order valence-corrected chi connectivity index (χ4v) is 3.67. The molecule has 2 saturated heterocycles. The summed E-state index contributed by atoms with van der Waals surface area (Å²) in [4.78, 5) is 14.1. The monoisotopic (exact) mass is 294 g/mol. The highest BCUT2D eigenvalue weighted by atomic mass is 35.5. The zero-order valence-corrected chi connectivity index (χ0v) is 13.3. The van der Waals surface area contributed by atoms with Crippen LogP contribution in [0.2, 0.25) is 5.15 Å². The van der Waals surface area contributed by atoms with Crippen molar-refractivity contribution in [3.05, 3.63) is 16.5 Å². The van der Waals surface area contributed by atoms with Crippen molar-refractivity contribution in [1.29, 1.82) is 0 Å². The number of hydrogen-bond donors (Lipinski definition) is 0. The molecule has 1 aromatic rings. The molecule has 0 N–H and O–H groups in total. The lowest BCUT2D eigenvalue weighted by Crippen LogP contribution is -2.37. The van der Waals surface area contributed by atoms with Crippen LogP contribution in [0.1, 0.15) is 37.6 Å². The van der Waals surface area contributed by atoms with E-state index in [0.29, 0.717) is 11.2 Å². The maximum absolute atomic E-state index is 6.28. The Labute approximate surface area is 126 Å². The number of nitrogens with zero attached hydrogens (tertiary/aromatic N) is 4. The van der Waals surface area contributed by atoms with Crippen molar-refractivity contribution in [3.8, 4) is 0 Å². The lowest BCUT2D eigenvalue weighted by Gasteiger charge is -2.28. The molecule has 2 atom stereocenters. The molecule has 0 amide bonds. The van der Waals surface area contributed by atoms with E-state index in [0.717, 1.165) is 42.8 Å². The average molecular weight is 295 g/mol. The zero-order valence-electron chi connectivity index (χ0n) is 12.6. The number of anilines is 1. The molecule has 0 aliphatic carbocycles. The summed E-state index contributed by atoms with van der Waals surface area (Å²) in [6.45, 7) is 6.24. The summed E-state index contributed by atoms with van der Waals surface area (Å²) in [5.41, 5.74) is 1.02. The standard InChI is InChI=1S/C15H23ClN4/c1-4-13-17-14(16)10(2)15(18-13)20-8-7-11-5-6-12(9-20)19(11)3/h11-12H,4-9H2,1-3H3. The summed E-state index contributed by atoms with van der Waals surface area (Å²) in [7, 11) is 2.27. The molecule has 3 heterocycles. The molecular weight excluding hydrogens is 272 g/mol. The molecule has 0 aromatic carbocycles. The fraction of sp³-hybridized carbons (Fsp3) is 0.733. The lowest BCUT2D eigenvalue weighted by atomic mass is 10.1. The molecule has 20 heavy (non-hydrogen) atoms. The predicted octanol–water partition coefficient (Wildman–Crippen LogP) is 2.67. The van der Waals surface area contributed by atoms with E-state index in [2.05, 4.69) is 28.8 Å². The van der Waals surface area contributed by atoms with E-state index in [4.69, 9.17) is 16.6 Å². The summed E-state index contributed by atoms with van der Waals surface area (Å²) in [5.74, 6) is 1.89. The number of likely N-dealkylation sites (N-methyl/N-ethyl adjacent to an activating group) is 1. The Morgan fingerprint density at radius 1 is 1.20 bits per heavy atom. The van der Waals surface area contributed by atoms with Gasteiger partial charge in [-0.05, 0) is 33.2 Å². The van der Waals surface area contributed by atoms with E-state index in [9.17, 15) is 0 Å². The molecule has 0 radical (unpaired) electrons. The number of aromatic nitrogens is 2. The highest BCUT2D eigenvalue weighted by Gasteiger charge is 2.35. The second kappa shape index (κ2) is 5.49. The van der Waals surface area contributed by atoms with Gasteiger partial charge in [0.25, 0.3) is 0 Å². The van der Waals surface area contributed by atoms with Gasteiger partial charge < -0.3 is 4.90 Å². The van der Waals surface area contributed by atoms with E-state index < -0.39 is 0 Å². The topological polar surface area (TPSA) is 32.3 Å². The minimum absolute atomic E-state index is 0.606. The van der Waals surface area contributed by atoms with Crippen LogP contribution in [-0.4, -0.2) is 47.1 Å². The van der Waals surface area contributed by atoms with Crippen molar-refractivity contribution < 1.29 is 0 Å². The maximum Gasteiger partial charge on any atom is 0.137 e. The third-order valence-corrected chi connectivity index (χ3v) is 5.24. The zero-order chi connectivity index (χ0) is 14.3. The molecule has 2 bridgehead atoms. The summed E-state index contributed by atoms with van der Waals surface area (Å²) in [6.07, 6.45) is 4.69. The minimum atomic E-state index is 0.606. The number of hydrogen-bond acceptors (Lipinski definition) is 4. The molecule has 2 aliphatic heterocycles. The highest BCUT2D eigenvalue weighted by Crippen LogP contribution is 2.32.